The first-order valence-electron chi connectivity index (χ1n) is 8.72. The average molecular weight is 417 g/mol. The lowest BCUT2D eigenvalue weighted by Crippen LogP contribution is -2.15. The van der Waals surface area contributed by atoms with Crippen molar-refractivity contribution in [3.63, 3.8) is 0 Å². The summed E-state index contributed by atoms with van der Waals surface area (Å²) < 4.78 is 5.13. The van der Waals surface area contributed by atoms with Gasteiger partial charge in [-0.05, 0) is 24.1 Å². The maximum absolute atomic E-state index is 11.7. The fourth-order valence-electron chi connectivity index (χ4n) is 3.19. The van der Waals surface area contributed by atoms with Crippen LogP contribution in [0.2, 0.25) is 0 Å². The highest BCUT2D eigenvalue weighted by Gasteiger charge is 2.21. The zero-order valence-electron chi connectivity index (χ0n) is 15.7. The number of carbonyl (C=O) groups is 2. The number of nitrogens with one attached hydrogen (secondary N) is 1. The first-order valence-corrected chi connectivity index (χ1v) is 8.72. The Morgan fingerprint density at radius 1 is 1.10 bits per heavy atom. The number of halogens is 1. The Hall–Kier alpha value is -3.32. The van der Waals surface area contributed by atoms with Crippen LogP contribution in [0, 0.1) is 0 Å². The highest BCUT2D eigenvalue weighted by Crippen LogP contribution is 2.24. The van der Waals surface area contributed by atoms with E-state index in [0.29, 0.717) is 13.0 Å². The summed E-state index contributed by atoms with van der Waals surface area (Å²) in [6.45, 7) is 0.334. The molecule has 8 heteroatoms. The molecule has 0 unspecified atom stereocenters. The normalized spacial score (nSPS) is 11.1. The molecule has 0 amide bonds. The predicted molar refractivity (Wildman–Crippen MR) is 113 cm³/mol. The van der Waals surface area contributed by atoms with E-state index in [4.69, 9.17) is 4.74 Å². The van der Waals surface area contributed by atoms with Crippen LogP contribution in [0.3, 0.4) is 0 Å². The lowest BCUT2D eigenvalue weighted by atomic mass is 9.99. The third-order valence-corrected chi connectivity index (χ3v) is 4.45. The van der Waals surface area contributed by atoms with Gasteiger partial charge in [-0.1, -0.05) is 30.3 Å². The van der Waals surface area contributed by atoms with Gasteiger partial charge in [-0.25, -0.2) is 4.79 Å². The third kappa shape index (κ3) is 4.94. The average Bonchev–Trinajstić information content (AvgIpc) is 3.09. The van der Waals surface area contributed by atoms with Gasteiger partial charge in [0.15, 0.2) is 0 Å². The number of hydrogen-bond acceptors (Lipinski definition) is 4. The van der Waals surface area contributed by atoms with E-state index in [2.05, 4.69) is 9.98 Å². The Labute approximate surface area is 173 Å². The van der Waals surface area contributed by atoms with Gasteiger partial charge < -0.3 is 19.9 Å². The summed E-state index contributed by atoms with van der Waals surface area (Å²) in [6, 6.07) is 12.6. The molecular weight excluding hydrogens is 396 g/mol. The first kappa shape index (κ1) is 22.0. The minimum atomic E-state index is -1.19. The molecule has 152 valence electrons. The second kappa shape index (κ2) is 9.75. The smallest absolute Gasteiger partial charge is 0.340 e. The summed E-state index contributed by atoms with van der Waals surface area (Å²) in [5.41, 5.74) is 2.47. The van der Waals surface area contributed by atoms with Crippen molar-refractivity contribution in [1.29, 1.82) is 0 Å². The van der Waals surface area contributed by atoms with E-state index < -0.39 is 11.9 Å². The van der Waals surface area contributed by atoms with E-state index in [1.54, 1.807) is 12.1 Å². The number of carboxylic acid groups (broad SMARTS) is 2. The van der Waals surface area contributed by atoms with Crippen LogP contribution in [0.15, 0.2) is 53.7 Å². The maximum atomic E-state index is 11.7. The number of rotatable bonds is 8. The van der Waals surface area contributed by atoms with Crippen LogP contribution in [0.5, 0.6) is 5.75 Å². The minimum absolute atomic E-state index is 0. The summed E-state index contributed by atoms with van der Waals surface area (Å²) in [6.07, 6.45) is 2.13. The number of para-hydroxylation sites is 1. The monoisotopic (exact) mass is 416 g/mol. The quantitative estimate of drug-likeness (QED) is 0.483. The molecule has 0 aliphatic carbocycles. The molecule has 3 rings (SSSR count). The molecule has 1 aromatic heterocycles. The largest absolute Gasteiger partial charge is 0.496 e. The van der Waals surface area contributed by atoms with Gasteiger partial charge in [-0.15, -0.1) is 12.4 Å². The molecule has 0 saturated heterocycles. The molecule has 0 saturated carbocycles. The summed E-state index contributed by atoms with van der Waals surface area (Å²) in [5.74, 6) is -2.10. The van der Waals surface area contributed by atoms with E-state index in [-0.39, 0.29) is 41.4 Å². The fraction of sp³-hybridized carbons (Fsp3) is 0.190. The number of ether oxygens (including phenoxy) is 1. The first-order chi connectivity index (χ1) is 13.5. The van der Waals surface area contributed by atoms with Gasteiger partial charge in [-0.2, -0.15) is 0 Å². The molecule has 3 N–H and O–H groups in total. The van der Waals surface area contributed by atoms with Crippen molar-refractivity contribution >= 4 is 41.0 Å². The molecule has 1 heterocycles. The van der Waals surface area contributed by atoms with Crippen LogP contribution in [-0.4, -0.2) is 46.5 Å². The van der Waals surface area contributed by atoms with Gasteiger partial charge in [0.2, 0.25) is 0 Å². The van der Waals surface area contributed by atoms with Crippen molar-refractivity contribution in [3.8, 4) is 5.75 Å². The second-order valence-corrected chi connectivity index (χ2v) is 6.20. The number of aromatic amines is 1. The van der Waals surface area contributed by atoms with Gasteiger partial charge in [0.1, 0.15) is 11.3 Å². The lowest BCUT2D eigenvalue weighted by molar-refractivity contribution is -0.135. The minimum Gasteiger partial charge on any atom is -0.496 e. The number of nitrogens with zero attached hydrogens (tertiary/aromatic N) is 1. The molecule has 3 aromatic rings. The van der Waals surface area contributed by atoms with Crippen molar-refractivity contribution < 1.29 is 24.5 Å². The molecule has 0 spiro atoms. The summed E-state index contributed by atoms with van der Waals surface area (Å²) >= 11 is 0. The molecule has 0 aliphatic heterocycles. The lowest BCUT2D eigenvalue weighted by Gasteiger charge is -2.12. The molecule has 0 fully saturated rings. The van der Waals surface area contributed by atoms with Crippen LogP contribution < -0.4 is 4.74 Å². The standard InChI is InChI=1S/C21H20N2O5.ClH/c1-28-18-8-4-6-15(20(18)21(26)27)17(11-19(24)25)22-10-9-13-12-23-16-7-3-2-5-14(13)16;/h2-8,12,23H,9-11H2,1H3,(H,24,25)(H,26,27);1H. The summed E-state index contributed by atoms with van der Waals surface area (Å²) in [5, 5.41) is 19.9. The Balaban J connectivity index is 0.00000300. The second-order valence-electron chi connectivity index (χ2n) is 6.20. The topological polar surface area (TPSA) is 112 Å². The van der Waals surface area contributed by atoms with Crippen LogP contribution in [0.1, 0.15) is 27.9 Å². The van der Waals surface area contributed by atoms with E-state index >= 15 is 0 Å². The molecule has 2 aromatic carbocycles. The van der Waals surface area contributed by atoms with E-state index in [0.717, 1.165) is 16.5 Å². The van der Waals surface area contributed by atoms with Gasteiger partial charge in [0.25, 0.3) is 0 Å². The highest BCUT2D eigenvalue weighted by atomic mass is 35.5. The zero-order chi connectivity index (χ0) is 20.1. The van der Waals surface area contributed by atoms with E-state index in [1.165, 1.54) is 13.2 Å². The molecule has 0 atom stereocenters. The third-order valence-electron chi connectivity index (χ3n) is 4.45. The van der Waals surface area contributed by atoms with Crippen LogP contribution in [0.4, 0.5) is 0 Å². The predicted octanol–water partition coefficient (Wildman–Crippen LogP) is 3.80. The molecule has 0 bridgehead atoms. The van der Waals surface area contributed by atoms with Gasteiger partial charge in [0.05, 0.1) is 19.2 Å². The number of carboxylic acids is 2. The number of aromatic nitrogens is 1. The zero-order valence-corrected chi connectivity index (χ0v) is 16.5. The molecule has 29 heavy (non-hydrogen) atoms. The van der Waals surface area contributed by atoms with Crippen molar-refractivity contribution in [3.05, 3.63) is 65.4 Å². The Kier molecular flexibility index (Phi) is 7.39. The number of fused-ring (bicyclic) bond motifs is 1. The molecule has 0 radical (unpaired) electrons. The van der Waals surface area contributed by atoms with E-state index in [9.17, 15) is 19.8 Å². The summed E-state index contributed by atoms with van der Waals surface area (Å²) in [4.78, 5) is 30.7. The maximum Gasteiger partial charge on any atom is 0.340 e. The van der Waals surface area contributed by atoms with Crippen molar-refractivity contribution in [2.75, 3.05) is 13.7 Å². The van der Waals surface area contributed by atoms with Gasteiger partial charge in [-0.3, -0.25) is 9.79 Å². The number of aromatic carboxylic acids is 1. The Morgan fingerprint density at radius 3 is 2.55 bits per heavy atom. The van der Waals surface area contributed by atoms with E-state index in [1.807, 2.05) is 30.5 Å². The number of methoxy groups -OCH3 is 1. The van der Waals surface area contributed by atoms with Crippen LogP contribution >= 0.6 is 12.4 Å². The van der Waals surface area contributed by atoms with Gasteiger partial charge in [0, 0.05) is 29.2 Å². The Morgan fingerprint density at radius 2 is 1.86 bits per heavy atom. The van der Waals surface area contributed by atoms with Gasteiger partial charge >= 0.3 is 11.9 Å². The SMILES string of the molecule is COc1cccc(C(CC(=O)O)=NCCc2c[nH]c3ccccc23)c1C(=O)O.Cl. The number of aliphatic imine (C=N–C) groups is 1. The Bertz CT molecular complexity index is 1060. The number of H-pyrrole nitrogens is 1. The molecular formula is C21H21ClN2O5. The van der Waals surface area contributed by atoms with Crippen molar-refractivity contribution in [2.45, 2.75) is 12.8 Å². The van der Waals surface area contributed by atoms with Crippen LogP contribution in [0.25, 0.3) is 10.9 Å². The number of hydrogen-bond donors (Lipinski definition) is 3. The fourth-order valence-corrected chi connectivity index (χ4v) is 3.19. The van der Waals surface area contributed by atoms with Crippen molar-refractivity contribution in [1.82, 2.24) is 4.98 Å². The molecule has 0 aliphatic rings. The number of aliphatic carboxylic acids is 1. The van der Waals surface area contributed by atoms with Crippen LogP contribution in [-0.2, 0) is 11.2 Å². The summed E-state index contributed by atoms with van der Waals surface area (Å²) in [7, 11) is 1.37. The number of benzene rings is 2. The molecule has 7 nitrogen and oxygen atoms in total. The van der Waals surface area contributed by atoms with Crippen molar-refractivity contribution in [2.24, 2.45) is 4.99 Å². The highest BCUT2D eigenvalue weighted by molar-refractivity contribution is 6.14.